The zero-order chi connectivity index (χ0) is 21.2. The Morgan fingerprint density at radius 1 is 0.966 bits per heavy atom. The van der Waals surface area contributed by atoms with E-state index in [0.29, 0.717) is 6.07 Å². The lowest BCUT2D eigenvalue weighted by molar-refractivity contribution is 0.470. The average molecular weight is 455 g/mol. The molecule has 1 N–H and O–H groups in total. The van der Waals surface area contributed by atoms with Gasteiger partial charge in [0.05, 0.1) is 22.3 Å². The molecule has 0 bridgehead atoms. The second-order valence-corrected chi connectivity index (χ2v) is 8.20. The van der Waals surface area contributed by atoms with Gasteiger partial charge in [-0.15, -0.1) is 0 Å². The van der Waals surface area contributed by atoms with Crippen molar-refractivity contribution in [1.82, 2.24) is 0 Å². The normalized spacial score (nSPS) is 11.0. The molecule has 0 saturated carbocycles. The molecule has 0 atom stereocenters. The number of anilines is 1. The van der Waals surface area contributed by atoms with Gasteiger partial charge < -0.3 is 4.74 Å². The Morgan fingerprint density at radius 2 is 1.66 bits per heavy atom. The SMILES string of the molecule is N#Cc1ccc(Oc2cc(F)cc(F)c2)c(NS(=O)(=O)c2ccc(Cl)cc2Cl)c1. The molecule has 29 heavy (non-hydrogen) atoms. The Labute approximate surface area is 175 Å². The number of rotatable bonds is 5. The summed E-state index contributed by atoms with van der Waals surface area (Å²) in [4.78, 5) is -0.256. The van der Waals surface area contributed by atoms with Crippen molar-refractivity contribution in [3.05, 3.63) is 81.8 Å². The summed E-state index contributed by atoms with van der Waals surface area (Å²) in [6.07, 6.45) is 0. The van der Waals surface area contributed by atoms with Crippen molar-refractivity contribution < 1.29 is 21.9 Å². The molecule has 148 valence electrons. The van der Waals surface area contributed by atoms with Crippen LogP contribution < -0.4 is 9.46 Å². The van der Waals surface area contributed by atoms with Crippen LogP contribution in [0.3, 0.4) is 0 Å². The lowest BCUT2D eigenvalue weighted by atomic mass is 10.2. The quantitative estimate of drug-likeness (QED) is 0.533. The van der Waals surface area contributed by atoms with E-state index in [1.54, 1.807) is 0 Å². The number of nitriles is 1. The van der Waals surface area contributed by atoms with Crippen LogP contribution in [0, 0.1) is 23.0 Å². The van der Waals surface area contributed by atoms with Gasteiger partial charge in [-0.25, -0.2) is 17.2 Å². The van der Waals surface area contributed by atoms with E-state index in [9.17, 15) is 17.2 Å². The van der Waals surface area contributed by atoms with E-state index in [0.717, 1.165) is 12.1 Å². The van der Waals surface area contributed by atoms with Crippen LogP contribution in [0.4, 0.5) is 14.5 Å². The molecule has 0 heterocycles. The molecule has 10 heteroatoms. The fourth-order valence-electron chi connectivity index (χ4n) is 2.38. The van der Waals surface area contributed by atoms with Gasteiger partial charge in [0.25, 0.3) is 10.0 Å². The first-order valence-electron chi connectivity index (χ1n) is 7.84. The highest BCUT2D eigenvalue weighted by molar-refractivity contribution is 7.92. The van der Waals surface area contributed by atoms with Gasteiger partial charge in [-0.2, -0.15) is 5.26 Å². The Bertz CT molecular complexity index is 1220. The Hall–Kier alpha value is -2.86. The molecule has 3 aromatic carbocycles. The maximum Gasteiger partial charge on any atom is 0.263 e. The van der Waals surface area contributed by atoms with E-state index in [-0.39, 0.29) is 37.7 Å². The first kappa shape index (κ1) is 20.9. The minimum atomic E-state index is -4.20. The third-order valence-corrected chi connectivity index (χ3v) is 5.68. The van der Waals surface area contributed by atoms with Crippen LogP contribution >= 0.6 is 23.2 Å². The molecule has 0 amide bonds. The fraction of sp³-hybridized carbons (Fsp3) is 0. The molecule has 0 fully saturated rings. The summed E-state index contributed by atoms with van der Waals surface area (Å²) in [5, 5.41) is 9.24. The second kappa shape index (κ2) is 8.25. The zero-order valence-electron chi connectivity index (χ0n) is 14.3. The van der Waals surface area contributed by atoms with Gasteiger partial charge >= 0.3 is 0 Å². The maximum atomic E-state index is 13.4. The number of benzene rings is 3. The number of halogens is 4. The monoisotopic (exact) mass is 454 g/mol. The summed E-state index contributed by atoms with van der Waals surface area (Å²) >= 11 is 11.8. The number of nitrogens with zero attached hydrogens (tertiary/aromatic N) is 1. The molecule has 0 unspecified atom stereocenters. The van der Waals surface area contributed by atoms with Crippen LogP contribution in [0.1, 0.15) is 5.56 Å². The van der Waals surface area contributed by atoms with E-state index in [2.05, 4.69) is 4.72 Å². The molecule has 3 aromatic rings. The topological polar surface area (TPSA) is 79.2 Å². The molecule has 0 aliphatic heterocycles. The molecule has 0 spiro atoms. The molecule has 0 aromatic heterocycles. The van der Waals surface area contributed by atoms with Crippen molar-refractivity contribution >= 4 is 38.9 Å². The average Bonchev–Trinajstić information content (AvgIpc) is 2.61. The van der Waals surface area contributed by atoms with E-state index in [1.807, 2.05) is 6.07 Å². The molecule has 0 aliphatic rings. The van der Waals surface area contributed by atoms with Crippen LogP contribution in [0.5, 0.6) is 11.5 Å². The molecule has 3 rings (SSSR count). The van der Waals surface area contributed by atoms with Gasteiger partial charge in [-0.05, 0) is 36.4 Å². The van der Waals surface area contributed by atoms with Crippen molar-refractivity contribution in [2.75, 3.05) is 4.72 Å². The van der Waals surface area contributed by atoms with Crippen LogP contribution in [0.15, 0.2) is 59.5 Å². The van der Waals surface area contributed by atoms with Gasteiger partial charge in [-0.3, -0.25) is 4.72 Å². The van der Waals surface area contributed by atoms with Crippen molar-refractivity contribution in [2.24, 2.45) is 0 Å². The molecular weight excluding hydrogens is 445 g/mol. The van der Waals surface area contributed by atoms with Gasteiger partial charge in [0.2, 0.25) is 0 Å². The summed E-state index contributed by atoms with van der Waals surface area (Å²) in [5.41, 5.74) is 0.00223. The summed E-state index contributed by atoms with van der Waals surface area (Å²) < 4.78 is 60.0. The van der Waals surface area contributed by atoms with Gasteiger partial charge in [-0.1, -0.05) is 23.2 Å². The Balaban J connectivity index is 2.02. The van der Waals surface area contributed by atoms with Crippen molar-refractivity contribution in [3.63, 3.8) is 0 Å². The number of ether oxygens (including phenoxy) is 1. The fourth-order valence-corrected chi connectivity index (χ4v) is 4.21. The van der Waals surface area contributed by atoms with Crippen LogP contribution in [-0.2, 0) is 10.0 Å². The van der Waals surface area contributed by atoms with Crippen LogP contribution in [-0.4, -0.2) is 8.42 Å². The van der Waals surface area contributed by atoms with Gasteiger partial charge in [0.15, 0.2) is 5.75 Å². The second-order valence-electron chi connectivity index (χ2n) is 5.71. The molecule has 0 aliphatic carbocycles. The summed E-state index contributed by atoms with van der Waals surface area (Å²) in [6, 6.07) is 12.1. The smallest absolute Gasteiger partial charge is 0.263 e. The first-order valence-corrected chi connectivity index (χ1v) is 10.1. The van der Waals surface area contributed by atoms with E-state index in [4.69, 9.17) is 33.2 Å². The van der Waals surface area contributed by atoms with Gasteiger partial charge in [0.1, 0.15) is 22.3 Å². The van der Waals surface area contributed by atoms with Crippen LogP contribution in [0.25, 0.3) is 0 Å². The highest BCUT2D eigenvalue weighted by Crippen LogP contribution is 2.34. The minimum Gasteiger partial charge on any atom is -0.455 e. The molecule has 5 nitrogen and oxygen atoms in total. The highest BCUT2D eigenvalue weighted by atomic mass is 35.5. The zero-order valence-corrected chi connectivity index (χ0v) is 16.6. The predicted molar refractivity (Wildman–Crippen MR) is 105 cm³/mol. The summed E-state index contributed by atoms with van der Waals surface area (Å²) in [5.74, 6) is -2.02. The third-order valence-electron chi connectivity index (χ3n) is 3.60. The largest absolute Gasteiger partial charge is 0.455 e. The predicted octanol–water partition coefficient (Wildman–Crippen LogP) is 5.74. The first-order chi connectivity index (χ1) is 13.7. The number of nitrogens with one attached hydrogen (secondary N) is 1. The number of sulfonamides is 1. The third kappa shape index (κ3) is 4.95. The van der Waals surface area contributed by atoms with Crippen LogP contribution in [0.2, 0.25) is 10.0 Å². The lowest BCUT2D eigenvalue weighted by Gasteiger charge is -2.15. The van der Waals surface area contributed by atoms with Crippen molar-refractivity contribution in [1.29, 1.82) is 5.26 Å². The van der Waals surface area contributed by atoms with Crippen molar-refractivity contribution in [2.45, 2.75) is 4.90 Å². The van der Waals surface area contributed by atoms with E-state index < -0.39 is 21.7 Å². The van der Waals surface area contributed by atoms with Gasteiger partial charge in [0, 0.05) is 23.2 Å². The molecule has 0 saturated heterocycles. The van der Waals surface area contributed by atoms with Crippen molar-refractivity contribution in [3.8, 4) is 17.6 Å². The van der Waals surface area contributed by atoms with E-state index >= 15 is 0 Å². The lowest BCUT2D eigenvalue weighted by Crippen LogP contribution is -2.14. The maximum absolute atomic E-state index is 13.4. The summed E-state index contributed by atoms with van der Waals surface area (Å²) in [7, 11) is -4.20. The summed E-state index contributed by atoms with van der Waals surface area (Å²) in [6.45, 7) is 0. The molecular formula is C19H10Cl2F2N2O3S. The number of hydrogen-bond donors (Lipinski definition) is 1. The standard InChI is InChI=1S/C19H10Cl2F2N2O3S/c20-12-2-4-19(16(21)6-12)29(26,27)25-17-5-11(10-24)1-3-18(17)28-15-8-13(22)7-14(23)9-15/h1-9,25H. The minimum absolute atomic E-state index is 0.0809. The van der Waals surface area contributed by atoms with E-state index in [1.165, 1.54) is 36.4 Å². The number of hydrogen-bond acceptors (Lipinski definition) is 4. The molecule has 0 radical (unpaired) electrons. The highest BCUT2D eigenvalue weighted by Gasteiger charge is 2.21. The Kier molecular flexibility index (Phi) is 5.94. The Morgan fingerprint density at radius 3 is 2.28 bits per heavy atom.